The smallest absolute Gasteiger partial charge is 0.0991 e. The van der Waals surface area contributed by atoms with Crippen molar-refractivity contribution in [1.82, 2.24) is 9.13 Å². The summed E-state index contributed by atoms with van der Waals surface area (Å²) in [5, 5.41) is 14.4. The number of aromatic nitrogens is 2. The maximum atomic E-state index is 9.50. The topological polar surface area (TPSA) is 33.6 Å². The van der Waals surface area contributed by atoms with Gasteiger partial charge < -0.3 is 9.13 Å². The Morgan fingerprint density at radius 3 is 1.19 bits per heavy atom. The highest BCUT2D eigenvalue weighted by atomic mass is 15.0. The zero-order valence-corrected chi connectivity index (χ0v) is 31.5. The maximum absolute atomic E-state index is 9.50. The maximum Gasteiger partial charge on any atom is 0.0991 e. The second kappa shape index (κ2) is 13.7. The molecular weight excluding hydrogens is 703 g/mol. The molecule has 0 aliphatic carbocycles. The van der Waals surface area contributed by atoms with Gasteiger partial charge in [-0.25, -0.2) is 0 Å². The molecule has 0 radical (unpaired) electrons. The number of hydrogen-bond acceptors (Lipinski definition) is 1. The van der Waals surface area contributed by atoms with Crippen molar-refractivity contribution in [2.45, 2.75) is 0 Å². The fraction of sp³-hybridized carbons (Fsp3) is 0. The van der Waals surface area contributed by atoms with Crippen LogP contribution in [-0.2, 0) is 0 Å². The first-order valence-corrected chi connectivity index (χ1v) is 19.6. The molecular formula is C55H35N3. The quantitative estimate of drug-likeness (QED) is 0.167. The van der Waals surface area contributed by atoms with Crippen molar-refractivity contribution in [2.75, 3.05) is 0 Å². The van der Waals surface area contributed by atoms with Crippen molar-refractivity contribution in [3.8, 4) is 62.0 Å². The van der Waals surface area contributed by atoms with Crippen molar-refractivity contribution in [3.63, 3.8) is 0 Å². The highest BCUT2D eigenvalue weighted by Gasteiger charge is 2.16. The first-order valence-electron chi connectivity index (χ1n) is 19.6. The standard InChI is InChI=1S/C55H35N3/c56-36-37-11-8-14-41(31-37)43-16-10-18-47(33-43)58-53-22-7-5-20-49(53)51-35-45(28-30-55(51)58)40-25-23-39(24-26-40)44-27-29-54-50(34-44)48-19-4-6-21-52(48)57(54)46-17-9-15-42(32-46)38-12-2-1-3-13-38/h1-35H. The van der Waals surface area contributed by atoms with Crippen LogP contribution in [0.3, 0.4) is 0 Å². The van der Waals surface area contributed by atoms with E-state index in [9.17, 15) is 5.26 Å². The molecule has 0 spiro atoms. The highest BCUT2D eigenvalue weighted by Crippen LogP contribution is 2.38. The van der Waals surface area contributed by atoms with Crippen molar-refractivity contribution in [2.24, 2.45) is 0 Å². The van der Waals surface area contributed by atoms with Gasteiger partial charge in [0.25, 0.3) is 0 Å². The Morgan fingerprint density at radius 2 is 0.655 bits per heavy atom. The Labute approximate surface area is 336 Å². The molecule has 3 nitrogen and oxygen atoms in total. The summed E-state index contributed by atoms with van der Waals surface area (Å²) < 4.78 is 4.74. The second-order valence-electron chi connectivity index (χ2n) is 14.9. The lowest BCUT2D eigenvalue weighted by Gasteiger charge is -2.11. The van der Waals surface area contributed by atoms with E-state index >= 15 is 0 Å². The Bertz CT molecular complexity index is 3400. The number of nitriles is 1. The lowest BCUT2D eigenvalue weighted by Crippen LogP contribution is -1.94. The molecule has 11 rings (SSSR count). The van der Waals surface area contributed by atoms with Gasteiger partial charge >= 0.3 is 0 Å². The summed E-state index contributed by atoms with van der Waals surface area (Å²) in [4.78, 5) is 0. The largest absolute Gasteiger partial charge is 0.309 e. The number of para-hydroxylation sites is 2. The van der Waals surface area contributed by atoms with Crippen LogP contribution in [0, 0.1) is 11.3 Å². The molecule has 0 N–H and O–H groups in total. The zero-order chi connectivity index (χ0) is 38.6. The fourth-order valence-corrected chi connectivity index (χ4v) is 8.76. The van der Waals surface area contributed by atoms with Crippen molar-refractivity contribution < 1.29 is 0 Å². The van der Waals surface area contributed by atoms with Crippen LogP contribution in [0.2, 0.25) is 0 Å². The molecule has 0 unspecified atom stereocenters. The molecule has 0 atom stereocenters. The molecule has 2 heterocycles. The number of nitrogens with zero attached hydrogens (tertiary/aromatic N) is 3. The molecule has 2 aromatic heterocycles. The van der Waals surface area contributed by atoms with Crippen molar-refractivity contribution in [1.29, 1.82) is 5.26 Å². The van der Waals surface area contributed by atoms with E-state index in [2.05, 4.69) is 209 Å². The SMILES string of the molecule is N#Cc1cccc(-c2cccc(-n3c4ccccc4c4cc(-c5ccc(-c6ccc7c(c6)c6ccccc6n7-c6cccc(-c7ccccc7)c6)cc5)ccc43)c2)c1. The average Bonchev–Trinajstić information content (AvgIpc) is 3.82. The van der Waals surface area contributed by atoms with E-state index < -0.39 is 0 Å². The third-order valence-electron chi connectivity index (χ3n) is 11.5. The molecule has 0 saturated carbocycles. The molecule has 0 amide bonds. The number of benzene rings is 9. The molecule has 0 aliphatic heterocycles. The molecule has 11 aromatic rings. The molecule has 58 heavy (non-hydrogen) atoms. The predicted octanol–water partition coefficient (Wildman–Crippen LogP) is 14.4. The van der Waals surface area contributed by atoms with Gasteiger partial charge in [0.2, 0.25) is 0 Å². The van der Waals surface area contributed by atoms with Gasteiger partial charge in [-0.1, -0.05) is 140 Å². The summed E-state index contributed by atoms with van der Waals surface area (Å²) in [5.74, 6) is 0. The minimum absolute atomic E-state index is 0.659. The van der Waals surface area contributed by atoms with Crippen molar-refractivity contribution >= 4 is 43.6 Å². The van der Waals surface area contributed by atoms with Gasteiger partial charge in [0.15, 0.2) is 0 Å². The van der Waals surface area contributed by atoms with Crippen LogP contribution in [0.4, 0.5) is 0 Å². The van der Waals surface area contributed by atoms with Gasteiger partial charge in [-0.05, 0) is 117 Å². The van der Waals surface area contributed by atoms with E-state index in [0.29, 0.717) is 5.56 Å². The minimum Gasteiger partial charge on any atom is -0.309 e. The molecule has 0 bridgehead atoms. The van der Waals surface area contributed by atoms with E-state index in [0.717, 1.165) is 33.5 Å². The lowest BCUT2D eigenvalue weighted by atomic mass is 9.98. The summed E-state index contributed by atoms with van der Waals surface area (Å²) >= 11 is 0. The highest BCUT2D eigenvalue weighted by molar-refractivity contribution is 6.11. The lowest BCUT2D eigenvalue weighted by molar-refractivity contribution is 1.18. The Hall–Kier alpha value is -7.93. The van der Waals surface area contributed by atoms with Gasteiger partial charge in [0.05, 0.1) is 33.7 Å². The fourth-order valence-electron chi connectivity index (χ4n) is 8.76. The molecule has 3 heteroatoms. The van der Waals surface area contributed by atoms with Gasteiger partial charge in [-0.15, -0.1) is 0 Å². The van der Waals surface area contributed by atoms with E-state index in [-0.39, 0.29) is 0 Å². The average molecular weight is 738 g/mol. The molecule has 0 saturated heterocycles. The summed E-state index contributed by atoms with van der Waals surface area (Å²) in [6, 6.07) is 78.1. The molecule has 9 aromatic carbocycles. The van der Waals surface area contributed by atoms with Gasteiger partial charge in [0, 0.05) is 32.9 Å². The number of rotatable bonds is 6. The number of fused-ring (bicyclic) bond motifs is 6. The third-order valence-corrected chi connectivity index (χ3v) is 11.5. The summed E-state index contributed by atoms with van der Waals surface area (Å²) in [6.07, 6.45) is 0. The van der Waals surface area contributed by atoms with E-state index in [4.69, 9.17) is 0 Å². The predicted molar refractivity (Wildman–Crippen MR) is 242 cm³/mol. The van der Waals surface area contributed by atoms with Crippen LogP contribution in [-0.4, -0.2) is 9.13 Å². The van der Waals surface area contributed by atoms with Crippen LogP contribution in [0.15, 0.2) is 212 Å². The van der Waals surface area contributed by atoms with E-state index in [1.165, 1.54) is 66.0 Å². The van der Waals surface area contributed by atoms with Crippen LogP contribution in [0.5, 0.6) is 0 Å². The second-order valence-corrected chi connectivity index (χ2v) is 14.9. The third kappa shape index (κ3) is 5.59. The van der Waals surface area contributed by atoms with E-state index in [1.54, 1.807) is 0 Å². The molecule has 0 aliphatic rings. The van der Waals surface area contributed by atoms with Crippen LogP contribution in [0.25, 0.3) is 99.5 Å². The summed E-state index contributed by atoms with van der Waals surface area (Å²) in [6.45, 7) is 0. The summed E-state index contributed by atoms with van der Waals surface area (Å²) in [7, 11) is 0. The first kappa shape index (κ1) is 33.4. The monoisotopic (exact) mass is 737 g/mol. The Balaban J connectivity index is 0.953. The molecule has 0 fully saturated rings. The van der Waals surface area contributed by atoms with Gasteiger partial charge in [-0.2, -0.15) is 5.26 Å². The Kier molecular flexibility index (Phi) is 7.88. The van der Waals surface area contributed by atoms with Crippen LogP contribution in [0.1, 0.15) is 5.56 Å². The van der Waals surface area contributed by atoms with Crippen LogP contribution >= 0.6 is 0 Å². The zero-order valence-electron chi connectivity index (χ0n) is 31.5. The van der Waals surface area contributed by atoms with Crippen LogP contribution < -0.4 is 0 Å². The number of hydrogen-bond donors (Lipinski definition) is 0. The Morgan fingerprint density at radius 1 is 0.276 bits per heavy atom. The van der Waals surface area contributed by atoms with Gasteiger partial charge in [-0.3, -0.25) is 0 Å². The van der Waals surface area contributed by atoms with E-state index in [1.807, 2.05) is 18.2 Å². The van der Waals surface area contributed by atoms with Crippen molar-refractivity contribution in [3.05, 3.63) is 218 Å². The van der Waals surface area contributed by atoms with Gasteiger partial charge in [0.1, 0.15) is 0 Å². The summed E-state index contributed by atoms with van der Waals surface area (Å²) in [5.41, 5.74) is 16.9. The normalized spacial score (nSPS) is 11.4. The molecule has 270 valence electrons. The first-order chi connectivity index (χ1) is 28.7. The minimum atomic E-state index is 0.659.